The summed E-state index contributed by atoms with van der Waals surface area (Å²) in [5.74, 6) is 0.0881. The molecular weight excluding hydrogens is 329 g/mol. The number of carbonyl (C=O) groups is 1. The number of hydrogen-bond donors (Lipinski definition) is 0. The number of likely N-dealkylation sites (N-methyl/N-ethyl adjacent to an activating group) is 1. The molecule has 1 heterocycles. The molecule has 5 heteroatoms. The van der Waals surface area contributed by atoms with E-state index >= 15 is 0 Å². The zero-order chi connectivity index (χ0) is 13.1. The van der Waals surface area contributed by atoms with Crippen LogP contribution in [0, 0.1) is 0 Å². The third-order valence-electron chi connectivity index (χ3n) is 2.60. The summed E-state index contributed by atoms with van der Waals surface area (Å²) in [4.78, 5) is 15.8. The second-order valence-corrected chi connectivity index (χ2v) is 7.00. The molecule has 0 N–H and O–H groups in total. The molecule has 0 aromatic heterocycles. The van der Waals surface area contributed by atoms with Crippen LogP contribution in [0.1, 0.15) is 12.5 Å². The van der Waals surface area contributed by atoms with Crippen LogP contribution < -0.4 is 0 Å². The monoisotopic (exact) mass is 343 g/mol. The number of rotatable bonds is 3. The molecule has 1 amide bonds. The molecule has 1 aliphatic heterocycles. The Hall–Kier alpha value is -0.481. The average Bonchev–Trinajstić information content (AvgIpc) is 2.65. The van der Waals surface area contributed by atoms with E-state index in [4.69, 9.17) is 0 Å². The van der Waals surface area contributed by atoms with Crippen molar-refractivity contribution in [3.8, 4) is 0 Å². The van der Waals surface area contributed by atoms with Gasteiger partial charge in [0.1, 0.15) is 0 Å². The van der Waals surface area contributed by atoms with Gasteiger partial charge in [-0.25, -0.2) is 0 Å². The topological polar surface area (TPSA) is 20.3 Å². The van der Waals surface area contributed by atoms with E-state index in [1.807, 2.05) is 25.1 Å². The Balaban J connectivity index is 2.23. The molecule has 0 bridgehead atoms. The van der Waals surface area contributed by atoms with Crippen molar-refractivity contribution < 1.29 is 4.79 Å². The van der Waals surface area contributed by atoms with Crippen LogP contribution in [0.5, 0.6) is 0 Å². The molecule has 1 fully saturated rings. The van der Waals surface area contributed by atoms with Crippen LogP contribution in [0.25, 0.3) is 6.08 Å². The van der Waals surface area contributed by atoms with Crippen LogP contribution in [0.4, 0.5) is 0 Å². The first-order chi connectivity index (χ1) is 8.65. The Labute approximate surface area is 124 Å². The summed E-state index contributed by atoms with van der Waals surface area (Å²) < 4.78 is 0.939. The maximum atomic E-state index is 12.1. The summed E-state index contributed by atoms with van der Waals surface area (Å²) in [7, 11) is 0. The van der Waals surface area contributed by atoms with Gasteiger partial charge in [0.25, 0.3) is 0 Å². The fourth-order valence-corrected chi connectivity index (χ4v) is 3.95. The van der Waals surface area contributed by atoms with E-state index in [-0.39, 0.29) is 5.91 Å². The summed E-state index contributed by atoms with van der Waals surface area (Å²) in [6, 6.07) is 8.23. The number of nitrogens with zero attached hydrogens (tertiary/aromatic N) is 1. The second-order valence-electron chi connectivity index (χ2n) is 3.70. The van der Waals surface area contributed by atoms with Gasteiger partial charge in [-0.2, -0.15) is 0 Å². The molecule has 0 atom stereocenters. The maximum absolute atomic E-state index is 12.1. The van der Waals surface area contributed by atoms with Gasteiger partial charge in [0.05, 0.1) is 0 Å². The van der Waals surface area contributed by atoms with Crippen LogP contribution in [-0.4, -0.2) is 43.1 Å². The van der Waals surface area contributed by atoms with Crippen LogP contribution in [-0.2, 0) is 4.79 Å². The van der Waals surface area contributed by atoms with E-state index in [9.17, 15) is 4.79 Å². The molecule has 1 aromatic rings. The van der Waals surface area contributed by atoms with Crippen LogP contribution in [0.15, 0.2) is 34.1 Å². The first-order valence-corrected chi connectivity index (χ1v) is 8.45. The standard InChI is InChI=1S/C13H13NOS2Se/c1-3-14-12(15)11(17-13(14)18)8-9-4-6-10(16-2)7-5-9/h4-8H,3H2,1-2H3/b11-8-. The quantitative estimate of drug-likeness (QED) is 0.478. The Morgan fingerprint density at radius 1 is 1.39 bits per heavy atom. The van der Waals surface area contributed by atoms with Gasteiger partial charge < -0.3 is 0 Å². The van der Waals surface area contributed by atoms with Crippen LogP contribution >= 0.6 is 23.5 Å². The molecule has 1 aromatic carbocycles. The summed E-state index contributed by atoms with van der Waals surface area (Å²) in [6.07, 6.45) is 4.00. The number of hydrogen-bond acceptors (Lipinski definition) is 3. The SMILES string of the molecule is CCN1C(=O)/C(=C/c2ccc(SC)cc2)SC1=[Se]. The van der Waals surface area contributed by atoms with Crippen molar-refractivity contribution in [1.82, 2.24) is 4.90 Å². The van der Waals surface area contributed by atoms with Gasteiger partial charge in [-0.05, 0) is 0 Å². The van der Waals surface area contributed by atoms with Crippen LogP contribution in [0.2, 0.25) is 0 Å². The Morgan fingerprint density at radius 2 is 2.06 bits per heavy atom. The predicted octanol–water partition coefficient (Wildman–Crippen LogP) is 2.60. The Kier molecular flexibility index (Phi) is 4.73. The Bertz CT molecular complexity index is 510. The number of carbonyl (C=O) groups excluding carboxylic acids is 1. The van der Waals surface area contributed by atoms with Gasteiger partial charge in [0.2, 0.25) is 0 Å². The summed E-state index contributed by atoms with van der Waals surface area (Å²) >= 11 is 6.16. The molecule has 18 heavy (non-hydrogen) atoms. The van der Waals surface area contributed by atoms with E-state index in [2.05, 4.69) is 34.0 Å². The van der Waals surface area contributed by atoms with Crippen molar-refractivity contribution in [2.24, 2.45) is 0 Å². The first kappa shape index (κ1) is 13.9. The summed E-state index contributed by atoms with van der Waals surface area (Å²) in [5.41, 5.74) is 1.06. The first-order valence-electron chi connectivity index (χ1n) is 5.55. The fourth-order valence-electron chi connectivity index (χ4n) is 1.62. The molecule has 0 radical (unpaired) electrons. The van der Waals surface area contributed by atoms with Gasteiger partial charge in [0, 0.05) is 0 Å². The summed E-state index contributed by atoms with van der Waals surface area (Å²) in [5, 5.41) is 0. The zero-order valence-electron chi connectivity index (χ0n) is 10.2. The minimum atomic E-state index is 0.0881. The molecule has 1 saturated heterocycles. The van der Waals surface area contributed by atoms with Crippen molar-refractivity contribution >= 4 is 55.0 Å². The molecule has 0 unspecified atom stereocenters. The normalized spacial score (nSPS) is 17.9. The van der Waals surface area contributed by atoms with E-state index < -0.39 is 0 Å². The molecule has 0 saturated carbocycles. The molecular formula is C13H13NOS2Se. The van der Waals surface area contributed by atoms with Crippen LogP contribution in [0.3, 0.4) is 0 Å². The number of benzene rings is 1. The molecule has 0 spiro atoms. The van der Waals surface area contributed by atoms with Gasteiger partial charge in [-0.1, -0.05) is 0 Å². The Morgan fingerprint density at radius 3 is 2.56 bits per heavy atom. The van der Waals surface area contributed by atoms with Crippen molar-refractivity contribution in [3.05, 3.63) is 34.7 Å². The molecule has 94 valence electrons. The van der Waals surface area contributed by atoms with E-state index in [1.165, 1.54) is 16.7 Å². The van der Waals surface area contributed by atoms with Gasteiger partial charge in [-0.3, -0.25) is 0 Å². The fraction of sp³-hybridized carbons (Fsp3) is 0.231. The number of amides is 1. The van der Waals surface area contributed by atoms with E-state index in [0.717, 1.165) is 14.3 Å². The zero-order valence-corrected chi connectivity index (χ0v) is 13.5. The van der Waals surface area contributed by atoms with Gasteiger partial charge in [-0.15, -0.1) is 0 Å². The second kappa shape index (κ2) is 6.11. The summed E-state index contributed by atoms with van der Waals surface area (Å²) in [6.45, 7) is 2.68. The van der Waals surface area contributed by atoms with Crippen molar-refractivity contribution in [1.29, 1.82) is 0 Å². The average molecular weight is 342 g/mol. The van der Waals surface area contributed by atoms with Gasteiger partial charge in [0.15, 0.2) is 0 Å². The molecule has 0 aliphatic carbocycles. The van der Waals surface area contributed by atoms with E-state index in [1.54, 1.807) is 16.7 Å². The molecule has 2 nitrogen and oxygen atoms in total. The van der Waals surface area contributed by atoms with E-state index in [0.29, 0.717) is 6.54 Å². The predicted molar refractivity (Wildman–Crippen MR) is 81.9 cm³/mol. The third kappa shape index (κ3) is 2.91. The van der Waals surface area contributed by atoms with Crippen molar-refractivity contribution in [2.75, 3.05) is 12.8 Å². The number of thioether (sulfide) groups is 2. The molecule has 1 aliphatic rings. The minimum absolute atomic E-state index is 0.0881. The third-order valence-corrected chi connectivity index (χ3v) is 5.24. The molecule has 2 rings (SSSR count). The van der Waals surface area contributed by atoms with Crippen molar-refractivity contribution in [2.45, 2.75) is 11.8 Å². The van der Waals surface area contributed by atoms with Crippen molar-refractivity contribution in [3.63, 3.8) is 0 Å². The van der Waals surface area contributed by atoms with Gasteiger partial charge >= 0.3 is 124 Å².